The van der Waals surface area contributed by atoms with E-state index >= 15 is 0 Å². The summed E-state index contributed by atoms with van der Waals surface area (Å²) in [5.41, 5.74) is 3.27. The summed E-state index contributed by atoms with van der Waals surface area (Å²) in [5, 5.41) is 3.06. The molecule has 1 saturated carbocycles. The lowest BCUT2D eigenvalue weighted by Crippen LogP contribution is -2.52. The highest BCUT2D eigenvalue weighted by atomic mass is 32.2. The van der Waals surface area contributed by atoms with Crippen molar-refractivity contribution in [2.75, 3.05) is 17.1 Å². The highest BCUT2D eigenvalue weighted by Gasteiger charge is 2.31. The summed E-state index contributed by atoms with van der Waals surface area (Å²) in [6.07, 6.45) is 5.16. The van der Waals surface area contributed by atoms with Gasteiger partial charge in [-0.05, 0) is 62.4 Å². The van der Waals surface area contributed by atoms with Crippen molar-refractivity contribution >= 4 is 27.5 Å². The summed E-state index contributed by atoms with van der Waals surface area (Å²) in [7, 11) is -3.73. The largest absolute Gasteiger partial charge is 0.352 e. The zero-order valence-corrected chi connectivity index (χ0v) is 21.3. The van der Waals surface area contributed by atoms with E-state index in [1.807, 2.05) is 50.2 Å². The molecule has 2 aromatic carbocycles. The molecule has 3 rings (SSSR count). The molecule has 1 N–H and O–H groups in total. The van der Waals surface area contributed by atoms with Gasteiger partial charge in [-0.2, -0.15) is 0 Å². The van der Waals surface area contributed by atoms with Crippen LogP contribution in [0.3, 0.4) is 0 Å². The van der Waals surface area contributed by atoms with E-state index in [0.29, 0.717) is 5.69 Å². The maximum absolute atomic E-state index is 13.6. The van der Waals surface area contributed by atoms with Gasteiger partial charge in [0.2, 0.25) is 21.8 Å². The number of hydrogen-bond acceptors (Lipinski definition) is 4. The van der Waals surface area contributed by atoms with Gasteiger partial charge in [-0.15, -0.1) is 0 Å². The molecule has 0 bridgehead atoms. The molecule has 1 atom stereocenters. The fourth-order valence-electron chi connectivity index (χ4n) is 4.25. The summed E-state index contributed by atoms with van der Waals surface area (Å²) >= 11 is 0. The third-order valence-electron chi connectivity index (χ3n) is 6.52. The second-order valence-electron chi connectivity index (χ2n) is 9.21. The molecule has 0 aromatic heterocycles. The van der Waals surface area contributed by atoms with Gasteiger partial charge in [0.15, 0.2) is 0 Å². The lowest BCUT2D eigenvalue weighted by atomic mass is 10.1. The normalized spacial score (nSPS) is 15.1. The quantitative estimate of drug-likeness (QED) is 0.589. The molecule has 1 fully saturated rings. The summed E-state index contributed by atoms with van der Waals surface area (Å²) in [4.78, 5) is 28.1. The fraction of sp³-hybridized carbons (Fsp3) is 0.462. The van der Waals surface area contributed by atoms with Crippen LogP contribution in [0.4, 0.5) is 5.69 Å². The monoisotopic (exact) mass is 485 g/mol. The Kier molecular flexibility index (Phi) is 8.36. The first-order chi connectivity index (χ1) is 16.1. The summed E-state index contributed by atoms with van der Waals surface area (Å²) in [6, 6.07) is 14.1. The van der Waals surface area contributed by atoms with Crippen LogP contribution in [0, 0.1) is 13.8 Å². The van der Waals surface area contributed by atoms with Crippen molar-refractivity contribution in [3.8, 4) is 0 Å². The average molecular weight is 486 g/mol. The molecular formula is C26H35N3O4S. The van der Waals surface area contributed by atoms with Crippen molar-refractivity contribution in [1.82, 2.24) is 10.2 Å². The van der Waals surface area contributed by atoms with Gasteiger partial charge in [-0.3, -0.25) is 13.9 Å². The van der Waals surface area contributed by atoms with Gasteiger partial charge in [-0.1, -0.05) is 49.2 Å². The van der Waals surface area contributed by atoms with Crippen LogP contribution >= 0.6 is 0 Å². The zero-order chi connectivity index (χ0) is 24.9. The van der Waals surface area contributed by atoms with Gasteiger partial charge in [0.05, 0.1) is 11.9 Å². The van der Waals surface area contributed by atoms with Crippen LogP contribution in [0.25, 0.3) is 0 Å². The minimum Gasteiger partial charge on any atom is -0.352 e. The van der Waals surface area contributed by atoms with Crippen LogP contribution in [-0.2, 0) is 26.2 Å². The standard InChI is InChI=1S/C26H35N3O4S/c1-19-14-15-24(16-20(19)2)29(34(4,32)33)18-25(30)28(17-22-10-6-5-7-11-22)21(3)26(31)27-23-12-8-9-13-23/h5-7,10-11,14-16,21,23H,8-9,12-13,17-18H2,1-4H3,(H,27,31)/t21-/m1/s1. The van der Waals surface area contributed by atoms with E-state index in [9.17, 15) is 18.0 Å². The Morgan fingerprint density at radius 3 is 2.26 bits per heavy atom. The van der Waals surface area contributed by atoms with Gasteiger partial charge in [0.1, 0.15) is 12.6 Å². The SMILES string of the molecule is Cc1ccc(N(CC(=O)N(Cc2ccccc2)[C@H](C)C(=O)NC2CCCC2)S(C)(=O)=O)cc1C. The molecule has 2 amide bonds. The number of carbonyl (C=O) groups excluding carboxylic acids is 2. The molecule has 34 heavy (non-hydrogen) atoms. The summed E-state index contributed by atoms with van der Waals surface area (Å²) < 4.78 is 26.4. The average Bonchev–Trinajstić information content (AvgIpc) is 3.30. The number of hydrogen-bond donors (Lipinski definition) is 1. The molecule has 7 nitrogen and oxygen atoms in total. The molecule has 0 heterocycles. The second kappa shape index (κ2) is 11.0. The van der Waals surface area contributed by atoms with Crippen molar-refractivity contribution < 1.29 is 18.0 Å². The lowest BCUT2D eigenvalue weighted by Gasteiger charge is -2.32. The van der Waals surface area contributed by atoms with E-state index in [2.05, 4.69) is 5.32 Å². The molecule has 0 aliphatic heterocycles. The van der Waals surface area contributed by atoms with Crippen LogP contribution in [0.2, 0.25) is 0 Å². The molecule has 1 aliphatic rings. The first-order valence-corrected chi connectivity index (χ1v) is 13.6. The molecule has 0 radical (unpaired) electrons. The molecule has 1 aliphatic carbocycles. The minimum absolute atomic E-state index is 0.131. The number of sulfonamides is 1. The predicted octanol–water partition coefficient (Wildman–Crippen LogP) is 3.55. The van der Waals surface area contributed by atoms with Gasteiger partial charge >= 0.3 is 0 Å². The van der Waals surface area contributed by atoms with Crippen molar-refractivity contribution in [1.29, 1.82) is 0 Å². The maximum atomic E-state index is 13.6. The summed E-state index contributed by atoms with van der Waals surface area (Å²) in [5.74, 6) is -0.644. The van der Waals surface area contributed by atoms with E-state index in [1.54, 1.807) is 19.1 Å². The van der Waals surface area contributed by atoms with Gasteiger partial charge in [0, 0.05) is 12.6 Å². The lowest BCUT2D eigenvalue weighted by molar-refractivity contribution is -0.139. The first-order valence-electron chi connectivity index (χ1n) is 11.7. The van der Waals surface area contributed by atoms with Gasteiger partial charge < -0.3 is 10.2 Å². The van der Waals surface area contributed by atoms with Gasteiger partial charge in [0.25, 0.3) is 0 Å². The smallest absolute Gasteiger partial charge is 0.244 e. The summed E-state index contributed by atoms with van der Waals surface area (Å²) in [6.45, 7) is 5.38. The highest BCUT2D eigenvalue weighted by molar-refractivity contribution is 7.92. The Morgan fingerprint density at radius 2 is 1.68 bits per heavy atom. The van der Waals surface area contributed by atoms with Crippen molar-refractivity contribution in [3.05, 3.63) is 65.2 Å². The predicted molar refractivity (Wildman–Crippen MR) is 135 cm³/mol. The van der Waals surface area contributed by atoms with Crippen molar-refractivity contribution in [2.45, 2.75) is 65.1 Å². The number of carbonyl (C=O) groups is 2. The number of aryl methyl sites for hydroxylation is 2. The Balaban J connectivity index is 1.87. The Labute approximate surface area is 203 Å². The first kappa shape index (κ1) is 25.7. The van der Waals surface area contributed by atoms with Crippen LogP contribution in [0.1, 0.15) is 49.3 Å². The molecule has 2 aromatic rings. The molecule has 8 heteroatoms. The van der Waals surface area contributed by atoms with E-state index < -0.39 is 22.0 Å². The van der Waals surface area contributed by atoms with Crippen LogP contribution in [0.5, 0.6) is 0 Å². The number of nitrogens with one attached hydrogen (secondary N) is 1. The van der Waals surface area contributed by atoms with Crippen molar-refractivity contribution in [2.24, 2.45) is 0 Å². The molecular weight excluding hydrogens is 450 g/mol. The number of anilines is 1. The minimum atomic E-state index is -3.73. The van der Waals surface area contributed by atoms with Crippen LogP contribution < -0.4 is 9.62 Å². The number of rotatable bonds is 9. The Bertz CT molecular complexity index is 1110. The number of benzene rings is 2. The van der Waals surface area contributed by atoms with E-state index in [-0.39, 0.29) is 25.0 Å². The van der Waals surface area contributed by atoms with Crippen LogP contribution in [0.15, 0.2) is 48.5 Å². The van der Waals surface area contributed by atoms with E-state index in [1.165, 1.54) is 4.90 Å². The maximum Gasteiger partial charge on any atom is 0.244 e. The van der Waals surface area contributed by atoms with Gasteiger partial charge in [-0.25, -0.2) is 8.42 Å². The highest BCUT2D eigenvalue weighted by Crippen LogP contribution is 2.23. The van der Waals surface area contributed by atoms with E-state index in [0.717, 1.165) is 52.9 Å². The molecule has 0 unspecified atom stereocenters. The fourth-order valence-corrected chi connectivity index (χ4v) is 5.09. The molecule has 0 spiro atoms. The second-order valence-corrected chi connectivity index (χ2v) is 11.1. The molecule has 184 valence electrons. The Morgan fingerprint density at radius 1 is 1.03 bits per heavy atom. The number of nitrogens with zero attached hydrogens (tertiary/aromatic N) is 2. The number of amides is 2. The topological polar surface area (TPSA) is 86.8 Å². The van der Waals surface area contributed by atoms with E-state index in [4.69, 9.17) is 0 Å². The zero-order valence-electron chi connectivity index (χ0n) is 20.5. The third-order valence-corrected chi connectivity index (χ3v) is 7.66. The Hall–Kier alpha value is -2.87. The van der Waals surface area contributed by atoms with Crippen molar-refractivity contribution in [3.63, 3.8) is 0 Å². The third kappa shape index (κ3) is 6.59. The van der Waals surface area contributed by atoms with Crippen LogP contribution in [-0.4, -0.2) is 50.0 Å². The molecule has 0 saturated heterocycles.